The van der Waals surface area contributed by atoms with Crippen molar-refractivity contribution in [2.75, 3.05) is 25.5 Å². The fourth-order valence-corrected chi connectivity index (χ4v) is 5.52. The molecule has 29 heavy (non-hydrogen) atoms. The Bertz CT molecular complexity index is 1020. The van der Waals surface area contributed by atoms with Gasteiger partial charge in [-0.15, -0.1) is 0 Å². The Kier molecular flexibility index (Phi) is 6.51. The Morgan fingerprint density at radius 3 is 2.69 bits per heavy atom. The standard InChI is InChI=1S/C21H25ClN2O4S/c1-14-6-7-15(2)20(11-14)29(26,27)24-10-4-5-16(13-24)21(25)23-18-12-17(22)8-9-19(18)28-3/h6-9,11-12,16H,4-5,10,13H2,1-3H3,(H,23,25)/t16-/m0/s1. The first kappa shape index (κ1) is 21.6. The van der Waals surface area contributed by atoms with E-state index in [4.69, 9.17) is 16.3 Å². The van der Waals surface area contributed by atoms with Crippen LogP contribution in [0.5, 0.6) is 5.75 Å². The van der Waals surface area contributed by atoms with Gasteiger partial charge in [-0.3, -0.25) is 4.79 Å². The average Bonchev–Trinajstić information content (AvgIpc) is 2.70. The van der Waals surface area contributed by atoms with E-state index in [0.717, 1.165) is 5.56 Å². The van der Waals surface area contributed by atoms with Crippen LogP contribution in [0.3, 0.4) is 0 Å². The lowest BCUT2D eigenvalue weighted by Gasteiger charge is -2.31. The monoisotopic (exact) mass is 436 g/mol. The molecule has 2 aromatic rings. The van der Waals surface area contributed by atoms with Crippen molar-refractivity contribution in [3.63, 3.8) is 0 Å². The van der Waals surface area contributed by atoms with Crippen molar-refractivity contribution < 1.29 is 17.9 Å². The van der Waals surface area contributed by atoms with Gasteiger partial charge in [0.2, 0.25) is 15.9 Å². The molecule has 6 nitrogen and oxygen atoms in total. The van der Waals surface area contributed by atoms with Crippen molar-refractivity contribution >= 4 is 33.2 Å². The minimum atomic E-state index is -3.67. The molecule has 1 heterocycles. The lowest BCUT2D eigenvalue weighted by molar-refractivity contribution is -0.120. The highest BCUT2D eigenvalue weighted by molar-refractivity contribution is 7.89. The van der Waals surface area contributed by atoms with E-state index in [1.165, 1.54) is 11.4 Å². The quantitative estimate of drug-likeness (QED) is 0.768. The van der Waals surface area contributed by atoms with Crippen molar-refractivity contribution in [3.8, 4) is 5.75 Å². The van der Waals surface area contributed by atoms with Crippen LogP contribution in [0.2, 0.25) is 5.02 Å². The molecule has 1 atom stereocenters. The summed E-state index contributed by atoms with van der Waals surface area (Å²) in [5.74, 6) is -0.197. The van der Waals surface area contributed by atoms with Crippen LogP contribution in [0.25, 0.3) is 0 Å². The molecular formula is C21H25ClN2O4S. The number of hydrogen-bond acceptors (Lipinski definition) is 4. The van der Waals surface area contributed by atoms with E-state index in [1.807, 2.05) is 19.1 Å². The first-order chi connectivity index (χ1) is 13.7. The molecule has 8 heteroatoms. The summed E-state index contributed by atoms with van der Waals surface area (Å²) in [7, 11) is -2.15. The number of carbonyl (C=O) groups is 1. The zero-order valence-electron chi connectivity index (χ0n) is 16.7. The minimum absolute atomic E-state index is 0.143. The van der Waals surface area contributed by atoms with Crippen molar-refractivity contribution in [1.29, 1.82) is 0 Å². The van der Waals surface area contributed by atoms with E-state index >= 15 is 0 Å². The van der Waals surface area contributed by atoms with Crippen molar-refractivity contribution in [3.05, 3.63) is 52.5 Å². The van der Waals surface area contributed by atoms with Gasteiger partial charge in [0.25, 0.3) is 0 Å². The molecule has 1 amide bonds. The number of halogens is 1. The maximum atomic E-state index is 13.2. The maximum Gasteiger partial charge on any atom is 0.243 e. The first-order valence-corrected chi connectivity index (χ1v) is 11.3. The predicted molar refractivity (Wildman–Crippen MR) is 114 cm³/mol. The Morgan fingerprint density at radius 2 is 1.97 bits per heavy atom. The molecule has 2 aromatic carbocycles. The van der Waals surface area contributed by atoms with Gasteiger partial charge in [0.1, 0.15) is 5.75 Å². The van der Waals surface area contributed by atoms with E-state index in [1.54, 1.807) is 31.2 Å². The van der Waals surface area contributed by atoms with Crippen molar-refractivity contribution in [2.24, 2.45) is 5.92 Å². The maximum absolute atomic E-state index is 13.2. The van der Waals surface area contributed by atoms with Crippen LogP contribution in [0.1, 0.15) is 24.0 Å². The molecule has 1 saturated heterocycles. The Balaban J connectivity index is 1.79. The van der Waals surface area contributed by atoms with Crippen LogP contribution < -0.4 is 10.1 Å². The topological polar surface area (TPSA) is 75.7 Å². The predicted octanol–water partition coefficient (Wildman–Crippen LogP) is 4.00. The van der Waals surface area contributed by atoms with Gasteiger partial charge < -0.3 is 10.1 Å². The summed E-state index contributed by atoms with van der Waals surface area (Å²) in [4.78, 5) is 13.1. The summed E-state index contributed by atoms with van der Waals surface area (Å²) in [5.41, 5.74) is 2.05. The van der Waals surface area contributed by atoms with Crippen LogP contribution in [0.15, 0.2) is 41.3 Å². The molecule has 0 spiro atoms. The summed E-state index contributed by atoms with van der Waals surface area (Å²) < 4.78 is 33.1. The normalized spacial score (nSPS) is 17.7. The second kappa shape index (κ2) is 8.73. The molecule has 1 aliphatic heterocycles. The fraction of sp³-hybridized carbons (Fsp3) is 0.381. The number of hydrogen-bond donors (Lipinski definition) is 1. The molecular weight excluding hydrogens is 412 g/mol. The lowest BCUT2D eigenvalue weighted by Crippen LogP contribution is -2.43. The van der Waals surface area contributed by atoms with Gasteiger partial charge >= 0.3 is 0 Å². The highest BCUT2D eigenvalue weighted by Crippen LogP contribution is 2.30. The van der Waals surface area contributed by atoms with E-state index in [2.05, 4.69) is 5.32 Å². The van der Waals surface area contributed by atoms with Gasteiger partial charge in [-0.1, -0.05) is 23.7 Å². The number of amides is 1. The smallest absolute Gasteiger partial charge is 0.243 e. The summed E-state index contributed by atoms with van der Waals surface area (Å²) in [6.45, 7) is 4.19. The van der Waals surface area contributed by atoms with Crippen molar-refractivity contribution in [2.45, 2.75) is 31.6 Å². The third-order valence-electron chi connectivity index (χ3n) is 5.14. The number of sulfonamides is 1. The van der Waals surface area contributed by atoms with Gasteiger partial charge in [-0.2, -0.15) is 4.31 Å². The van der Waals surface area contributed by atoms with Crippen LogP contribution >= 0.6 is 11.6 Å². The number of piperidine rings is 1. The Morgan fingerprint density at radius 1 is 1.21 bits per heavy atom. The summed E-state index contributed by atoms with van der Waals surface area (Å²) in [6, 6.07) is 10.4. The minimum Gasteiger partial charge on any atom is -0.495 e. The number of rotatable bonds is 5. The molecule has 0 saturated carbocycles. The van der Waals surface area contributed by atoms with Gasteiger partial charge in [-0.05, 0) is 62.1 Å². The summed E-state index contributed by atoms with van der Waals surface area (Å²) >= 11 is 6.03. The van der Waals surface area contributed by atoms with Crippen LogP contribution in [-0.4, -0.2) is 38.8 Å². The van der Waals surface area contributed by atoms with E-state index in [0.29, 0.717) is 46.3 Å². The summed E-state index contributed by atoms with van der Waals surface area (Å²) in [5, 5.41) is 3.31. The van der Waals surface area contributed by atoms with E-state index < -0.39 is 15.9 Å². The molecule has 3 rings (SSSR count). The van der Waals surface area contributed by atoms with Crippen LogP contribution in [-0.2, 0) is 14.8 Å². The SMILES string of the molecule is COc1ccc(Cl)cc1NC(=O)[C@H]1CCCN(S(=O)(=O)c2cc(C)ccc2C)C1. The molecule has 0 radical (unpaired) electrons. The van der Waals surface area contributed by atoms with Gasteiger partial charge in [0, 0.05) is 18.1 Å². The second-order valence-electron chi connectivity index (χ2n) is 7.31. The third-order valence-corrected chi connectivity index (χ3v) is 7.38. The molecule has 1 aliphatic rings. The third kappa shape index (κ3) is 4.74. The molecule has 0 aliphatic carbocycles. The van der Waals surface area contributed by atoms with Gasteiger partial charge in [0.15, 0.2) is 0 Å². The number of ether oxygens (including phenoxy) is 1. The number of carbonyl (C=O) groups excluding carboxylic acids is 1. The average molecular weight is 437 g/mol. The molecule has 1 fully saturated rings. The van der Waals surface area contributed by atoms with Crippen LogP contribution in [0, 0.1) is 19.8 Å². The zero-order valence-corrected chi connectivity index (χ0v) is 18.3. The van der Waals surface area contributed by atoms with E-state index in [9.17, 15) is 13.2 Å². The number of methoxy groups -OCH3 is 1. The van der Waals surface area contributed by atoms with Crippen molar-refractivity contribution in [1.82, 2.24) is 4.31 Å². The number of aryl methyl sites for hydroxylation is 2. The Labute approximate surface area is 176 Å². The molecule has 0 unspecified atom stereocenters. The lowest BCUT2D eigenvalue weighted by atomic mass is 9.98. The van der Waals surface area contributed by atoms with Crippen LogP contribution in [0.4, 0.5) is 5.69 Å². The number of nitrogens with zero attached hydrogens (tertiary/aromatic N) is 1. The number of nitrogens with one attached hydrogen (secondary N) is 1. The summed E-state index contributed by atoms with van der Waals surface area (Å²) in [6.07, 6.45) is 1.24. The molecule has 0 bridgehead atoms. The molecule has 1 N–H and O–H groups in total. The highest BCUT2D eigenvalue weighted by Gasteiger charge is 2.34. The largest absolute Gasteiger partial charge is 0.495 e. The second-order valence-corrected chi connectivity index (χ2v) is 9.65. The zero-order chi connectivity index (χ0) is 21.2. The molecule has 0 aromatic heterocycles. The number of benzene rings is 2. The fourth-order valence-electron chi connectivity index (χ4n) is 3.51. The highest BCUT2D eigenvalue weighted by atomic mass is 35.5. The first-order valence-electron chi connectivity index (χ1n) is 9.44. The molecule has 156 valence electrons. The Hall–Kier alpha value is -2.09. The van der Waals surface area contributed by atoms with Gasteiger partial charge in [-0.25, -0.2) is 8.42 Å². The van der Waals surface area contributed by atoms with Gasteiger partial charge in [0.05, 0.1) is 23.6 Å². The number of anilines is 1. The van der Waals surface area contributed by atoms with E-state index in [-0.39, 0.29) is 12.5 Å².